The number of rotatable bonds is 4. The van der Waals surface area contributed by atoms with Gasteiger partial charge in [-0.25, -0.2) is 10.0 Å². The molecule has 4 rings (SSSR count). The minimum atomic E-state index is -0.315. The van der Waals surface area contributed by atoms with Gasteiger partial charge in [-0.05, 0) is 18.4 Å². The lowest BCUT2D eigenvalue weighted by molar-refractivity contribution is -0.214. The van der Waals surface area contributed by atoms with Crippen molar-refractivity contribution in [3.8, 4) is 0 Å². The molecule has 1 spiro atoms. The van der Waals surface area contributed by atoms with Crippen LogP contribution in [-0.2, 0) is 29.8 Å². The second-order valence-corrected chi connectivity index (χ2v) is 7.10. The van der Waals surface area contributed by atoms with Crippen LogP contribution in [0.3, 0.4) is 0 Å². The van der Waals surface area contributed by atoms with Crippen LogP contribution in [-0.4, -0.2) is 44.1 Å². The number of hydrogen-bond donors (Lipinski definition) is 0. The number of imidazole rings is 1. The van der Waals surface area contributed by atoms with Crippen LogP contribution in [0.4, 0.5) is 0 Å². The maximum absolute atomic E-state index is 12.4. The predicted octanol–water partition coefficient (Wildman–Crippen LogP) is 2.12. The number of carbonyl (C=O) groups is 1. The van der Waals surface area contributed by atoms with Crippen molar-refractivity contribution in [1.82, 2.24) is 19.5 Å². The summed E-state index contributed by atoms with van der Waals surface area (Å²) in [5, 5.41) is 1.56. The maximum Gasteiger partial charge on any atom is 0.249 e. The van der Waals surface area contributed by atoms with Crippen LogP contribution in [0.1, 0.15) is 30.7 Å². The lowest BCUT2D eigenvalue weighted by Crippen LogP contribution is -2.44. The Labute approximate surface area is 148 Å². The van der Waals surface area contributed by atoms with Crippen molar-refractivity contribution in [3.05, 3.63) is 54.1 Å². The summed E-state index contributed by atoms with van der Waals surface area (Å²) in [4.78, 5) is 25.3. The van der Waals surface area contributed by atoms with E-state index in [1.54, 1.807) is 5.06 Å². The molecule has 2 saturated heterocycles. The van der Waals surface area contributed by atoms with Crippen LogP contribution < -0.4 is 0 Å². The van der Waals surface area contributed by atoms with E-state index in [-0.39, 0.29) is 11.5 Å². The Morgan fingerprint density at radius 2 is 1.92 bits per heavy atom. The lowest BCUT2D eigenvalue weighted by Gasteiger charge is -2.37. The van der Waals surface area contributed by atoms with Crippen LogP contribution in [0.2, 0.25) is 0 Å². The summed E-state index contributed by atoms with van der Waals surface area (Å²) in [5.74, 6) is 1.17. The first kappa shape index (κ1) is 16.3. The van der Waals surface area contributed by atoms with E-state index in [1.807, 2.05) is 49.8 Å². The molecule has 2 aliphatic heterocycles. The van der Waals surface area contributed by atoms with E-state index in [0.717, 1.165) is 43.9 Å². The Kier molecular flexibility index (Phi) is 4.31. The van der Waals surface area contributed by atoms with Crippen molar-refractivity contribution in [1.29, 1.82) is 0 Å². The number of aryl methyl sites for hydroxylation is 1. The number of piperidine rings is 1. The van der Waals surface area contributed by atoms with Gasteiger partial charge in [0.25, 0.3) is 0 Å². The monoisotopic (exact) mass is 340 g/mol. The number of carbonyl (C=O) groups excluding carboxylic acids is 1. The average molecular weight is 340 g/mol. The van der Waals surface area contributed by atoms with Gasteiger partial charge in [0.2, 0.25) is 5.91 Å². The molecule has 0 saturated carbocycles. The second kappa shape index (κ2) is 6.61. The SMILES string of the molecule is Cn1ccnc1CN1CCC2(CC1)CC(=O)N(Cc1ccccc1)O2. The van der Waals surface area contributed by atoms with E-state index >= 15 is 0 Å². The third-order valence-electron chi connectivity index (χ3n) is 5.28. The molecule has 6 heteroatoms. The van der Waals surface area contributed by atoms with E-state index in [1.165, 1.54) is 0 Å². The first-order chi connectivity index (χ1) is 12.1. The Balaban J connectivity index is 1.35. The van der Waals surface area contributed by atoms with Gasteiger partial charge in [-0.2, -0.15) is 0 Å². The van der Waals surface area contributed by atoms with E-state index in [0.29, 0.717) is 13.0 Å². The minimum Gasteiger partial charge on any atom is -0.337 e. The summed E-state index contributed by atoms with van der Waals surface area (Å²) in [6.07, 6.45) is 6.07. The van der Waals surface area contributed by atoms with Gasteiger partial charge >= 0.3 is 0 Å². The third-order valence-corrected chi connectivity index (χ3v) is 5.28. The van der Waals surface area contributed by atoms with Gasteiger partial charge in [0.15, 0.2) is 0 Å². The van der Waals surface area contributed by atoms with E-state index in [9.17, 15) is 4.79 Å². The van der Waals surface area contributed by atoms with Crippen molar-refractivity contribution in [2.45, 2.75) is 38.0 Å². The Hall–Kier alpha value is -2.18. The summed E-state index contributed by atoms with van der Waals surface area (Å²) in [5.41, 5.74) is 0.782. The highest BCUT2D eigenvalue weighted by atomic mass is 16.7. The predicted molar refractivity (Wildman–Crippen MR) is 93.1 cm³/mol. The molecule has 0 N–H and O–H groups in total. The number of hydrogen-bond acceptors (Lipinski definition) is 4. The fourth-order valence-electron chi connectivity index (χ4n) is 3.69. The van der Waals surface area contributed by atoms with Crippen LogP contribution in [0.25, 0.3) is 0 Å². The number of benzene rings is 1. The molecule has 1 amide bonds. The van der Waals surface area contributed by atoms with Gasteiger partial charge in [0.05, 0.1) is 19.5 Å². The molecule has 2 aromatic rings. The molecule has 2 fully saturated rings. The molecule has 3 heterocycles. The van der Waals surface area contributed by atoms with Crippen LogP contribution in [0, 0.1) is 0 Å². The second-order valence-electron chi connectivity index (χ2n) is 7.10. The largest absolute Gasteiger partial charge is 0.337 e. The van der Waals surface area contributed by atoms with Gasteiger partial charge in [-0.15, -0.1) is 0 Å². The van der Waals surface area contributed by atoms with Crippen LogP contribution >= 0.6 is 0 Å². The van der Waals surface area contributed by atoms with Gasteiger partial charge in [-0.1, -0.05) is 30.3 Å². The first-order valence-electron chi connectivity index (χ1n) is 8.86. The summed E-state index contributed by atoms with van der Waals surface area (Å²) in [7, 11) is 2.02. The molecule has 132 valence electrons. The van der Waals surface area contributed by atoms with Gasteiger partial charge < -0.3 is 4.57 Å². The fourth-order valence-corrected chi connectivity index (χ4v) is 3.69. The minimum absolute atomic E-state index is 0.0985. The van der Waals surface area contributed by atoms with Crippen molar-refractivity contribution < 1.29 is 9.63 Å². The fraction of sp³-hybridized carbons (Fsp3) is 0.474. The quantitative estimate of drug-likeness (QED) is 0.855. The molecule has 2 aliphatic rings. The smallest absolute Gasteiger partial charge is 0.249 e. The normalized spacial score (nSPS) is 20.5. The molecule has 0 radical (unpaired) electrons. The molecule has 0 unspecified atom stereocenters. The van der Waals surface area contributed by atoms with Crippen molar-refractivity contribution in [3.63, 3.8) is 0 Å². The van der Waals surface area contributed by atoms with E-state index < -0.39 is 0 Å². The van der Waals surface area contributed by atoms with Crippen LogP contribution in [0.15, 0.2) is 42.7 Å². The summed E-state index contributed by atoms with van der Waals surface area (Å²) in [6.45, 7) is 3.23. The molecule has 25 heavy (non-hydrogen) atoms. The number of likely N-dealkylation sites (tertiary alicyclic amines) is 1. The van der Waals surface area contributed by atoms with Crippen molar-refractivity contribution >= 4 is 5.91 Å². The standard InChI is InChI=1S/C19H24N4O2/c1-21-12-9-20-17(21)15-22-10-7-19(8-11-22)13-18(24)23(25-19)14-16-5-3-2-4-6-16/h2-6,9,12H,7-8,10-11,13-15H2,1H3. The molecule has 1 aromatic carbocycles. The zero-order chi connectivity index (χ0) is 17.3. The Bertz CT molecular complexity index is 735. The molecule has 6 nitrogen and oxygen atoms in total. The maximum atomic E-state index is 12.4. The molecule has 0 bridgehead atoms. The van der Waals surface area contributed by atoms with Gasteiger partial charge in [0.1, 0.15) is 11.4 Å². The molecule has 1 aromatic heterocycles. The topological polar surface area (TPSA) is 50.6 Å². The van der Waals surface area contributed by atoms with Gasteiger partial charge in [0, 0.05) is 32.5 Å². The number of amides is 1. The van der Waals surface area contributed by atoms with Crippen LogP contribution in [0.5, 0.6) is 0 Å². The average Bonchev–Trinajstić information content (AvgIpc) is 3.15. The number of aromatic nitrogens is 2. The molecular weight excluding hydrogens is 316 g/mol. The van der Waals surface area contributed by atoms with Crippen molar-refractivity contribution in [2.75, 3.05) is 13.1 Å². The highest BCUT2D eigenvalue weighted by Gasteiger charge is 2.46. The zero-order valence-corrected chi connectivity index (χ0v) is 14.6. The first-order valence-corrected chi connectivity index (χ1v) is 8.86. The van der Waals surface area contributed by atoms with E-state index in [2.05, 4.69) is 14.5 Å². The Morgan fingerprint density at radius 3 is 2.60 bits per heavy atom. The molecule has 0 aliphatic carbocycles. The number of hydroxylamine groups is 2. The Morgan fingerprint density at radius 1 is 1.16 bits per heavy atom. The summed E-state index contributed by atoms with van der Waals surface area (Å²) in [6, 6.07) is 10.0. The summed E-state index contributed by atoms with van der Waals surface area (Å²) < 4.78 is 2.06. The third kappa shape index (κ3) is 3.45. The molecule has 0 atom stereocenters. The van der Waals surface area contributed by atoms with E-state index in [4.69, 9.17) is 4.84 Å². The van der Waals surface area contributed by atoms with Crippen molar-refractivity contribution in [2.24, 2.45) is 7.05 Å². The molecular formula is C19H24N4O2. The lowest BCUT2D eigenvalue weighted by atomic mass is 9.88. The summed E-state index contributed by atoms with van der Waals surface area (Å²) >= 11 is 0. The van der Waals surface area contributed by atoms with Gasteiger partial charge in [-0.3, -0.25) is 14.5 Å². The number of nitrogens with zero attached hydrogens (tertiary/aromatic N) is 4. The zero-order valence-electron chi connectivity index (χ0n) is 14.6. The highest BCUT2D eigenvalue weighted by molar-refractivity contribution is 5.78. The highest BCUT2D eigenvalue weighted by Crippen LogP contribution is 2.37.